The molecule has 1 aromatic rings. The number of Topliss-reactive ketones (excluding diaryl/α,β-unsaturated/α-hetero) is 1. The molecule has 0 radical (unpaired) electrons. The number of ketones is 1. The van der Waals surface area contributed by atoms with Crippen molar-refractivity contribution in [3.63, 3.8) is 0 Å². The Hall–Kier alpha value is -2.00. The van der Waals surface area contributed by atoms with Gasteiger partial charge in [0.05, 0.1) is 23.3 Å². The third kappa shape index (κ3) is 3.92. The highest BCUT2D eigenvalue weighted by Crippen LogP contribution is 2.73. The van der Waals surface area contributed by atoms with Gasteiger partial charge in [0.1, 0.15) is 5.75 Å². The zero-order valence-electron chi connectivity index (χ0n) is 30.1. The molecule has 0 spiro atoms. The molecular formula is C39H56O4Si2. The normalized spacial score (nSPS) is 27.7. The van der Waals surface area contributed by atoms with Crippen molar-refractivity contribution in [3.05, 3.63) is 74.7 Å². The summed E-state index contributed by atoms with van der Waals surface area (Å²) >= 11 is 0. The fraction of sp³-hybridized carbons (Fsp3) is 0.615. The largest absolute Gasteiger partial charge is 0.497 e. The molecule has 1 aliphatic heterocycles. The summed E-state index contributed by atoms with van der Waals surface area (Å²) in [5, 5.41) is 2.83. The maximum absolute atomic E-state index is 14.4. The van der Waals surface area contributed by atoms with Gasteiger partial charge in [-0.25, -0.2) is 0 Å². The average molecular weight is 645 g/mol. The van der Waals surface area contributed by atoms with E-state index >= 15 is 0 Å². The predicted octanol–water partition coefficient (Wildman–Crippen LogP) is 10.5. The van der Waals surface area contributed by atoms with Gasteiger partial charge < -0.3 is 14.2 Å². The van der Waals surface area contributed by atoms with Crippen LogP contribution in [0.3, 0.4) is 0 Å². The summed E-state index contributed by atoms with van der Waals surface area (Å²) < 4.78 is 20.3. The van der Waals surface area contributed by atoms with E-state index in [4.69, 9.17) is 14.2 Å². The van der Waals surface area contributed by atoms with E-state index in [1.165, 1.54) is 22.3 Å². The van der Waals surface area contributed by atoms with Crippen LogP contribution in [-0.2, 0) is 14.3 Å². The molecule has 6 heteroatoms. The third-order valence-corrected chi connectivity index (χ3v) is 27.2. The molecular weight excluding hydrogens is 589 g/mol. The van der Waals surface area contributed by atoms with Crippen molar-refractivity contribution < 1.29 is 19.0 Å². The zero-order chi connectivity index (χ0) is 33.0. The van der Waals surface area contributed by atoms with E-state index < -0.39 is 33.6 Å². The smallest absolute Gasteiger partial charge is 0.187 e. The SMILES string of the molecule is COc1ccc([C@H]2O[C@@]34C=C5CC(=O)C([Si](C(C)C)(C(C)C)C(C)C)=C5[C@@]3(C=C3CC([Si](C(C)C)(C(C)C)C(C)C)=C34)O2)cc1. The number of methoxy groups -OCH3 is 1. The zero-order valence-corrected chi connectivity index (χ0v) is 32.1. The molecule has 0 unspecified atom stereocenters. The lowest BCUT2D eigenvalue weighted by atomic mass is 9.79. The Balaban J connectivity index is 1.66. The topological polar surface area (TPSA) is 44.8 Å². The number of hydrogen-bond donors (Lipinski definition) is 0. The summed E-state index contributed by atoms with van der Waals surface area (Å²) in [4.78, 5) is 14.4. The van der Waals surface area contributed by atoms with Gasteiger partial charge in [0.15, 0.2) is 23.3 Å². The van der Waals surface area contributed by atoms with Crippen molar-refractivity contribution in [1.29, 1.82) is 0 Å². The van der Waals surface area contributed by atoms with E-state index in [1.807, 2.05) is 12.1 Å². The van der Waals surface area contributed by atoms with Gasteiger partial charge in [-0.2, -0.15) is 0 Å². The summed E-state index contributed by atoms with van der Waals surface area (Å²) in [6.07, 6.45) is 5.79. The van der Waals surface area contributed by atoms with E-state index in [9.17, 15) is 4.79 Å². The molecule has 45 heavy (non-hydrogen) atoms. The van der Waals surface area contributed by atoms with Crippen LogP contribution in [0.2, 0.25) is 33.2 Å². The summed E-state index contributed by atoms with van der Waals surface area (Å²) in [5.41, 5.74) is 7.74. The van der Waals surface area contributed by atoms with Gasteiger partial charge in [-0.15, -0.1) is 0 Å². The minimum Gasteiger partial charge on any atom is -0.497 e. The molecule has 1 fully saturated rings. The third-order valence-electron chi connectivity index (χ3n) is 12.9. The number of fused-ring (bicyclic) bond motifs is 2. The van der Waals surface area contributed by atoms with Crippen molar-refractivity contribution in [2.24, 2.45) is 0 Å². The molecule has 0 amide bonds. The van der Waals surface area contributed by atoms with E-state index in [-0.39, 0.29) is 0 Å². The quantitative estimate of drug-likeness (QED) is 0.238. The second-order valence-electron chi connectivity index (χ2n) is 16.3. The predicted molar refractivity (Wildman–Crippen MR) is 190 cm³/mol. The van der Waals surface area contributed by atoms with Crippen LogP contribution in [0.25, 0.3) is 0 Å². The Morgan fingerprint density at radius 1 is 0.667 bits per heavy atom. The van der Waals surface area contributed by atoms with Gasteiger partial charge in [-0.3, -0.25) is 4.79 Å². The van der Waals surface area contributed by atoms with Gasteiger partial charge >= 0.3 is 0 Å². The molecule has 1 heterocycles. The number of benzene rings is 1. The lowest BCUT2D eigenvalue weighted by molar-refractivity contribution is -0.114. The van der Waals surface area contributed by atoms with Crippen LogP contribution < -0.4 is 4.74 Å². The van der Waals surface area contributed by atoms with Gasteiger partial charge in [0.25, 0.3) is 0 Å². The van der Waals surface area contributed by atoms with Crippen LogP contribution in [0.4, 0.5) is 0 Å². The van der Waals surface area contributed by atoms with E-state index in [2.05, 4.69) is 107 Å². The van der Waals surface area contributed by atoms with Crippen molar-refractivity contribution in [1.82, 2.24) is 0 Å². The molecule has 6 rings (SSSR count). The van der Waals surface area contributed by atoms with Crippen molar-refractivity contribution >= 4 is 21.9 Å². The Kier molecular flexibility index (Phi) is 7.87. The maximum atomic E-state index is 14.4. The van der Waals surface area contributed by atoms with Crippen LogP contribution in [0, 0.1) is 0 Å². The number of hydrogen-bond acceptors (Lipinski definition) is 4. The second-order valence-corrected chi connectivity index (χ2v) is 28.1. The highest BCUT2D eigenvalue weighted by atomic mass is 28.3. The highest BCUT2D eigenvalue weighted by Gasteiger charge is 2.75. The Bertz CT molecular complexity index is 1490. The number of rotatable bonds is 10. The number of carbonyl (C=O) groups is 1. The molecule has 0 saturated carbocycles. The maximum Gasteiger partial charge on any atom is 0.187 e. The van der Waals surface area contributed by atoms with Crippen LogP contribution in [0.15, 0.2) is 69.1 Å². The fourth-order valence-electron chi connectivity index (χ4n) is 11.8. The Morgan fingerprint density at radius 2 is 1.11 bits per heavy atom. The molecule has 1 aromatic carbocycles. The first-order valence-electron chi connectivity index (χ1n) is 17.5. The van der Waals surface area contributed by atoms with Crippen LogP contribution in [-0.4, -0.2) is 40.2 Å². The second kappa shape index (κ2) is 10.8. The fourth-order valence-corrected chi connectivity index (χ4v) is 26.3. The molecule has 0 aromatic heterocycles. The lowest BCUT2D eigenvalue weighted by Crippen LogP contribution is -2.54. The van der Waals surface area contributed by atoms with E-state index in [0.29, 0.717) is 45.5 Å². The summed E-state index contributed by atoms with van der Waals surface area (Å²) in [7, 11) is -2.57. The monoisotopic (exact) mass is 644 g/mol. The number of allylic oxidation sites excluding steroid dienone is 2. The number of carbonyl (C=O) groups excluding carboxylic acids is 1. The van der Waals surface area contributed by atoms with Crippen molar-refractivity contribution in [3.8, 4) is 5.75 Å². The molecule has 0 bridgehead atoms. The summed E-state index contributed by atoms with van der Waals surface area (Å²) in [5.74, 6) is 1.15. The molecule has 5 aliphatic rings. The van der Waals surface area contributed by atoms with Gasteiger partial charge in [-0.05, 0) is 91.4 Å². The minimum absolute atomic E-state index is 0.334. The Morgan fingerprint density at radius 3 is 1.56 bits per heavy atom. The van der Waals surface area contributed by atoms with E-state index in [1.54, 1.807) is 12.3 Å². The van der Waals surface area contributed by atoms with Gasteiger partial charge in [0.2, 0.25) is 0 Å². The number of ether oxygens (including phenoxy) is 3. The van der Waals surface area contributed by atoms with Crippen molar-refractivity contribution in [2.75, 3.05) is 7.11 Å². The van der Waals surface area contributed by atoms with E-state index in [0.717, 1.165) is 22.9 Å². The van der Waals surface area contributed by atoms with Crippen molar-refractivity contribution in [2.45, 2.75) is 147 Å². The molecule has 0 N–H and O–H groups in total. The summed E-state index contributed by atoms with van der Waals surface area (Å²) in [6.45, 7) is 29.0. The highest BCUT2D eigenvalue weighted by molar-refractivity contribution is 6.94. The first kappa shape index (κ1) is 32.9. The van der Waals surface area contributed by atoms with Crippen LogP contribution >= 0.6 is 0 Å². The molecule has 244 valence electrons. The van der Waals surface area contributed by atoms with Gasteiger partial charge in [0, 0.05) is 12.0 Å². The standard InChI is InChI=1S/C39H56O4Si2/c1-22(2)44(23(3)4,24(5)6)33-19-30-21-39-35-29(18-32(40)36(35)45(25(7)8,26(9)10)27(11)12)20-38(39,34(30)33)42-37(43-39)28-14-16-31(41-13)17-15-28/h14-17,20-27,37H,18-19H2,1-13H3/t37-,38+,39+/m0/s1. The summed E-state index contributed by atoms with van der Waals surface area (Å²) in [6, 6.07) is 8.12. The lowest BCUT2D eigenvalue weighted by Gasteiger charge is -2.51. The molecule has 3 atom stereocenters. The average Bonchev–Trinajstić information content (AvgIpc) is 3.54. The first-order valence-corrected chi connectivity index (χ1v) is 22.0. The van der Waals surface area contributed by atoms with Crippen LogP contribution in [0.5, 0.6) is 5.75 Å². The molecule has 4 nitrogen and oxygen atoms in total. The first-order chi connectivity index (χ1) is 21.1. The minimum atomic E-state index is -2.32. The van der Waals surface area contributed by atoms with Crippen LogP contribution in [0.1, 0.15) is 108 Å². The van der Waals surface area contributed by atoms with Gasteiger partial charge in [-0.1, -0.05) is 100 Å². The molecule has 1 saturated heterocycles. The molecule has 4 aliphatic carbocycles. The Labute approximate surface area is 274 Å².